The van der Waals surface area contributed by atoms with E-state index in [1.54, 1.807) is 49.6 Å². The van der Waals surface area contributed by atoms with Gasteiger partial charge in [0.05, 0.1) is 6.61 Å². The Kier molecular flexibility index (Phi) is 7.44. The second-order valence-electron chi connectivity index (χ2n) is 5.58. The summed E-state index contributed by atoms with van der Waals surface area (Å²) in [5, 5.41) is 6.07. The molecule has 0 saturated carbocycles. The number of anilines is 1. The summed E-state index contributed by atoms with van der Waals surface area (Å²) in [6.45, 7) is 2.56. The summed E-state index contributed by atoms with van der Waals surface area (Å²) in [5.41, 5.74) is 1.84. The van der Waals surface area contributed by atoms with Crippen molar-refractivity contribution in [3.05, 3.63) is 58.6 Å². The van der Waals surface area contributed by atoms with Crippen molar-refractivity contribution in [3.8, 4) is 5.75 Å². The number of amides is 2. The number of methoxy groups -OCH3 is 1. The number of aryl methyl sites for hydroxylation is 1. The number of carbonyl (C=O) groups excluding carboxylic acids is 2. The van der Waals surface area contributed by atoms with Crippen molar-refractivity contribution in [2.24, 2.45) is 0 Å². The summed E-state index contributed by atoms with van der Waals surface area (Å²) in [6.07, 6.45) is 0. The molecule has 0 spiro atoms. The van der Waals surface area contributed by atoms with Crippen LogP contribution in [0, 0.1) is 6.92 Å². The lowest BCUT2D eigenvalue weighted by Crippen LogP contribution is -2.27. The smallest absolute Gasteiger partial charge is 0.262 e. The first-order valence-electron chi connectivity index (χ1n) is 8.05. The number of nitrogens with one attached hydrogen (secondary N) is 2. The average Bonchev–Trinajstić information content (AvgIpc) is 2.63. The number of hydrogen-bond donors (Lipinski definition) is 2. The van der Waals surface area contributed by atoms with Crippen molar-refractivity contribution >= 4 is 29.1 Å². The molecule has 26 heavy (non-hydrogen) atoms. The first-order valence-corrected chi connectivity index (χ1v) is 8.43. The monoisotopic (exact) mass is 376 g/mol. The highest BCUT2D eigenvalue weighted by Crippen LogP contribution is 2.21. The zero-order chi connectivity index (χ0) is 18.9. The van der Waals surface area contributed by atoms with Crippen LogP contribution in [-0.2, 0) is 9.53 Å². The van der Waals surface area contributed by atoms with E-state index in [1.807, 2.05) is 6.92 Å². The molecule has 0 heterocycles. The van der Waals surface area contributed by atoms with Gasteiger partial charge in [0.2, 0.25) is 0 Å². The standard InChI is InChI=1S/C19H21ClN2O4/c1-13-10-16(6-7-17(13)20)26-12-18(23)22-15-5-3-4-14(11-15)19(24)21-8-9-25-2/h3-7,10-11H,8-9,12H2,1-2H3,(H,21,24)(H,22,23). The molecule has 2 N–H and O–H groups in total. The van der Waals surface area contributed by atoms with Gasteiger partial charge in [-0.3, -0.25) is 9.59 Å². The minimum absolute atomic E-state index is 0.147. The van der Waals surface area contributed by atoms with E-state index in [0.29, 0.717) is 35.2 Å². The highest BCUT2D eigenvalue weighted by Gasteiger charge is 2.08. The second-order valence-corrected chi connectivity index (χ2v) is 5.98. The topological polar surface area (TPSA) is 76.7 Å². The van der Waals surface area contributed by atoms with Crippen molar-refractivity contribution in [3.63, 3.8) is 0 Å². The van der Waals surface area contributed by atoms with Gasteiger partial charge in [0.1, 0.15) is 5.75 Å². The van der Waals surface area contributed by atoms with Crippen molar-refractivity contribution in [1.82, 2.24) is 5.32 Å². The fourth-order valence-electron chi connectivity index (χ4n) is 2.16. The van der Waals surface area contributed by atoms with Crippen molar-refractivity contribution in [2.45, 2.75) is 6.92 Å². The molecule has 0 aliphatic heterocycles. The van der Waals surface area contributed by atoms with Crippen LogP contribution < -0.4 is 15.4 Å². The molecule has 0 aliphatic rings. The molecule has 0 fully saturated rings. The fourth-order valence-corrected chi connectivity index (χ4v) is 2.28. The molecule has 0 radical (unpaired) electrons. The Morgan fingerprint density at radius 2 is 1.96 bits per heavy atom. The third kappa shape index (κ3) is 6.06. The highest BCUT2D eigenvalue weighted by molar-refractivity contribution is 6.31. The minimum Gasteiger partial charge on any atom is -0.484 e. The van der Waals surface area contributed by atoms with Crippen LogP contribution in [-0.4, -0.2) is 38.7 Å². The Morgan fingerprint density at radius 3 is 2.69 bits per heavy atom. The van der Waals surface area contributed by atoms with Crippen LogP contribution in [0.4, 0.5) is 5.69 Å². The summed E-state index contributed by atoms with van der Waals surface area (Å²) in [6, 6.07) is 11.9. The van der Waals surface area contributed by atoms with Gasteiger partial charge in [0.15, 0.2) is 6.61 Å². The number of halogens is 1. The van der Waals surface area contributed by atoms with E-state index in [1.165, 1.54) is 0 Å². The Hall–Kier alpha value is -2.57. The van der Waals surface area contributed by atoms with E-state index in [2.05, 4.69) is 10.6 Å². The molecule has 2 rings (SSSR count). The van der Waals surface area contributed by atoms with E-state index < -0.39 is 0 Å². The third-order valence-corrected chi connectivity index (χ3v) is 3.92. The normalized spacial score (nSPS) is 10.3. The van der Waals surface area contributed by atoms with E-state index >= 15 is 0 Å². The van der Waals surface area contributed by atoms with Gasteiger partial charge in [-0.05, 0) is 48.9 Å². The van der Waals surface area contributed by atoms with Crippen LogP contribution in [0.2, 0.25) is 5.02 Å². The number of ether oxygens (including phenoxy) is 2. The predicted octanol–water partition coefficient (Wildman–Crippen LogP) is 3.04. The molecule has 0 unspecified atom stereocenters. The lowest BCUT2D eigenvalue weighted by Gasteiger charge is -2.10. The molecule has 0 bridgehead atoms. The molecule has 0 aromatic heterocycles. The van der Waals surface area contributed by atoms with Gasteiger partial charge in [0.25, 0.3) is 11.8 Å². The van der Waals surface area contributed by atoms with Gasteiger partial charge in [-0.15, -0.1) is 0 Å². The minimum atomic E-state index is -0.324. The SMILES string of the molecule is COCCNC(=O)c1cccc(NC(=O)COc2ccc(Cl)c(C)c2)c1. The summed E-state index contributed by atoms with van der Waals surface area (Å²) in [7, 11) is 1.57. The lowest BCUT2D eigenvalue weighted by atomic mass is 10.2. The van der Waals surface area contributed by atoms with Gasteiger partial charge in [-0.2, -0.15) is 0 Å². The van der Waals surface area contributed by atoms with E-state index in [-0.39, 0.29) is 18.4 Å². The maximum Gasteiger partial charge on any atom is 0.262 e. The van der Waals surface area contributed by atoms with Crippen LogP contribution in [0.5, 0.6) is 5.75 Å². The molecule has 0 saturated heterocycles. The number of hydrogen-bond acceptors (Lipinski definition) is 4. The zero-order valence-corrected chi connectivity index (χ0v) is 15.4. The summed E-state index contributed by atoms with van der Waals surface area (Å²) in [4.78, 5) is 24.1. The largest absolute Gasteiger partial charge is 0.484 e. The molecule has 7 heteroatoms. The van der Waals surface area contributed by atoms with Crippen LogP contribution in [0.1, 0.15) is 15.9 Å². The molecule has 2 aromatic carbocycles. The van der Waals surface area contributed by atoms with Crippen molar-refractivity contribution < 1.29 is 19.1 Å². The average molecular weight is 377 g/mol. The predicted molar refractivity (Wildman–Crippen MR) is 101 cm³/mol. The Balaban J connectivity index is 1.89. The molecule has 138 valence electrons. The number of rotatable bonds is 8. The molecular formula is C19H21ClN2O4. The maximum atomic E-state index is 12.1. The summed E-state index contributed by atoms with van der Waals surface area (Å²) < 4.78 is 10.3. The van der Waals surface area contributed by atoms with Gasteiger partial charge >= 0.3 is 0 Å². The number of benzene rings is 2. The van der Waals surface area contributed by atoms with Crippen molar-refractivity contribution in [1.29, 1.82) is 0 Å². The highest BCUT2D eigenvalue weighted by atomic mass is 35.5. The zero-order valence-electron chi connectivity index (χ0n) is 14.7. The van der Waals surface area contributed by atoms with E-state index in [9.17, 15) is 9.59 Å². The Labute approximate surface area is 157 Å². The number of carbonyl (C=O) groups is 2. The van der Waals surface area contributed by atoms with Crippen LogP contribution in [0.3, 0.4) is 0 Å². The van der Waals surface area contributed by atoms with Gasteiger partial charge < -0.3 is 20.1 Å². The first kappa shape index (κ1) is 19.8. The van der Waals surface area contributed by atoms with E-state index in [0.717, 1.165) is 5.56 Å². The molecule has 2 aromatic rings. The molecule has 2 amide bonds. The summed E-state index contributed by atoms with van der Waals surface area (Å²) >= 11 is 5.96. The van der Waals surface area contributed by atoms with Gasteiger partial charge in [0, 0.05) is 29.9 Å². The molecule has 0 atom stereocenters. The third-order valence-electron chi connectivity index (χ3n) is 3.50. The molecule has 0 aliphatic carbocycles. The maximum absolute atomic E-state index is 12.1. The lowest BCUT2D eigenvalue weighted by molar-refractivity contribution is -0.118. The van der Waals surface area contributed by atoms with Crippen LogP contribution in [0.15, 0.2) is 42.5 Å². The Bertz CT molecular complexity index is 780. The quantitative estimate of drug-likeness (QED) is 0.694. The van der Waals surface area contributed by atoms with Gasteiger partial charge in [-0.1, -0.05) is 17.7 Å². The first-order chi connectivity index (χ1) is 12.5. The second kappa shape index (κ2) is 9.79. The fraction of sp³-hybridized carbons (Fsp3) is 0.263. The van der Waals surface area contributed by atoms with Crippen LogP contribution in [0.25, 0.3) is 0 Å². The van der Waals surface area contributed by atoms with Crippen LogP contribution >= 0.6 is 11.6 Å². The molecule has 6 nitrogen and oxygen atoms in total. The summed E-state index contributed by atoms with van der Waals surface area (Å²) in [5.74, 6) is 0.00824. The molecular weight excluding hydrogens is 356 g/mol. The van der Waals surface area contributed by atoms with Gasteiger partial charge in [-0.25, -0.2) is 0 Å². The van der Waals surface area contributed by atoms with Crippen molar-refractivity contribution in [2.75, 3.05) is 32.2 Å². The van der Waals surface area contributed by atoms with E-state index in [4.69, 9.17) is 21.1 Å². The Morgan fingerprint density at radius 1 is 1.15 bits per heavy atom.